The van der Waals surface area contributed by atoms with Crippen molar-refractivity contribution in [2.24, 2.45) is 0 Å². The molecule has 0 spiro atoms. The number of hydrogen-bond donors (Lipinski definition) is 0. The minimum absolute atomic E-state index is 0.265. The van der Waals surface area contributed by atoms with E-state index in [9.17, 15) is 4.79 Å². The zero-order valence-electron chi connectivity index (χ0n) is 8.69. The lowest BCUT2D eigenvalue weighted by Gasteiger charge is -2.26. The minimum Gasteiger partial charge on any atom is -0.341 e. The topological polar surface area (TPSA) is 20.3 Å². The average molecular weight is 221 g/mol. The van der Waals surface area contributed by atoms with E-state index in [0.29, 0.717) is 6.42 Å². The molecule has 0 saturated carbocycles. The van der Waals surface area contributed by atoms with Crippen molar-refractivity contribution in [1.29, 1.82) is 0 Å². The third-order valence-corrected chi connectivity index (χ3v) is 3.50. The molecule has 3 heteroatoms. The molecule has 0 aliphatic carbocycles. The number of rotatable bonds is 2. The lowest BCUT2D eigenvalue weighted by atomic mass is 10.1. The van der Waals surface area contributed by atoms with E-state index in [1.807, 2.05) is 47.0 Å². The van der Waals surface area contributed by atoms with Crippen molar-refractivity contribution >= 4 is 17.7 Å². The van der Waals surface area contributed by atoms with Crippen LogP contribution in [0.2, 0.25) is 0 Å². The molecule has 0 aromatic heterocycles. The minimum atomic E-state index is 0.265. The SMILES string of the molecule is O=C(Cc1ccccc1)N1CCSCC1. The van der Waals surface area contributed by atoms with Crippen LogP contribution in [-0.2, 0) is 11.2 Å². The van der Waals surface area contributed by atoms with Crippen LogP contribution < -0.4 is 0 Å². The van der Waals surface area contributed by atoms with Crippen molar-refractivity contribution < 1.29 is 4.79 Å². The van der Waals surface area contributed by atoms with Gasteiger partial charge in [-0.15, -0.1) is 0 Å². The van der Waals surface area contributed by atoms with Gasteiger partial charge in [0.15, 0.2) is 0 Å². The molecule has 0 bridgehead atoms. The fraction of sp³-hybridized carbons (Fsp3) is 0.417. The molecule has 2 nitrogen and oxygen atoms in total. The molecular formula is C12H15NOS. The predicted molar refractivity (Wildman–Crippen MR) is 64.1 cm³/mol. The summed E-state index contributed by atoms with van der Waals surface area (Å²) in [6.45, 7) is 1.83. The molecule has 1 amide bonds. The van der Waals surface area contributed by atoms with Gasteiger partial charge in [0.2, 0.25) is 5.91 Å². The van der Waals surface area contributed by atoms with Crippen LogP contribution in [-0.4, -0.2) is 35.4 Å². The number of carbonyl (C=O) groups is 1. The Morgan fingerprint density at radius 3 is 2.53 bits per heavy atom. The van der Waals surface area contributed by atoms with Gasteiger partial charge in [-0.2, -0.15) is 11.8 Å². The van der Waals surface area contributed by atoms with Gasteiger partial charge in [-0.05, 0) is 5.56 Å². The monoisotopic (exact) mass is 221 g/mol. The van der Waals surface area contributed by atoms with E-state index in [1.165, 1.54) is 0 Å². The Balaban J connectivity index is 1.91. The number of thioether (sulfide) groups is 1. The highest BCUT2D eigenvalue weighted by atomic mass is 32.2. The average Bonchev–Trinajstić information content (AvgIpc) is 2.31. The molecule has 1 aliphatic rings. The van der Waals surface area contributed by atoms with Gasteiger partial charge in [0.25, 0.3) is 0 Å². The first kappa shape index (κ1) is 10.6. The smallest absolute Gasteiger partial charge is 0.227 e. The Hall–Kier alpha value is -0.960. The fourth-order valence-corrected chi connectivity index (χ4v) is 2.60. The molecule has 1 saturated heterocycles. The molecule has 80 valence electrons. The van der Waals surface area contributed by atoms with Gasteiger partial charge in [-0.25, -0.2) is 0 Å². The maximum Gasteiger partial charge on any atom is 0.227 e. The van der Waals surface area contributed by atoms with Crippen molar-refractivity contribution in [2.75, 3.05) is 24.6 Å². The molecule has 0 atom stereocenters. The zero-order chi connectivity index (χ0) is 10.5. The number of amides is 1. The van der Waals surface area contributed by atoms with Gasteiger partial charge in [0.1, 0.15) is 0 Å². The molecule has 1 aromatic rings. The molecule has 2 rings (SSSR count). The fourth-order valence-electron chi connectivity index (χ4n) is 1.70. The summed E-state index contributed by atoms with van der Waals surface area (Å²) in [4.78, 5) is 13.9. The second kappa shape index (κ2) is 5.21. The van der Waals surface area contributed by atoms with Crippen molar-refractivity contribution in [2.45, 2.75) is 6.42 Å². The summed E-state index contributed by atoms with van der Waals surface area (Å²) >= 11 is 1.93. The van der Waals surface area contributed by atoms with Crippen molar-refractivity contribution in [3.05, 3.63) is 35.9 Å². The van der Waals surface area contributed by atoms with Crippen molar-refractivity contribution in [1.82, 2.24) is 4.90 Å². The summed E-state index contributed by atoms with van der Waals surface area (Å²) in [7, 11) is 0. The maximum absolute atomic E-state index is 11.9. The summed E-state index contributed by atoms with van der Waals surface area (Å²) in [6, 6.07) is 9.96. The Bertz CT molecular complexity index is 320. The molecule has 15 heavy (non-hydrogen) atoms. The lowest BCUT2D eigenvalue weighted by Crippen LogP contribution is -2.38. The van der Waals surface area contributed by atoms with Gasteiger partial charge in [0.05, 0.1) is 6.42 Å². The molecule has 1 fully saturated rings. The molecular weight excluding hydrogens is 206 g/mol. The van der Waals surface area contributed by atoms with Crippen LogP contribution in [0.5, 0.6) is 0 Å². The highest BCUT2D eigenvalue weighted by Crippen LogP contribution is 2.11. The second-order valence-electron chi connectivity index (χ2n) is 3.66. The van der Waals surface area contributed by atoms with Gasteiger partial charge < -0.3 is 4.90 Å². The van der Waals surface area contributed by atoms with E-state index < -0.39 is 0 Å². The van der Waals surface area contributed by atoms with Crippen LogP contribution >= 0.6 is 11.8 Å². The van der Waals surface area contributed by atoms with E-state index in [4.69, 9.17) is 0 Å². The number of benzene rings is 1. The molecule has 0 radical (unpaired) electrons. The largest absolute Gasteiger partial charge is 0.341 e. The molecule has 1 aliphatic heterocycles. The standard InChI is InChI=1S/C12H15NOS/c14-12(13-6-8-15-9-7-13)10-11-4-2-1-3-5-11/h1-5H,6-10H2. The summed E-state index contributed by atoms with van der Waals surface area (Å²) in [5.41, 5.74) is 1.11. The van der Waals surface area contributed by atoms with Crippen LogP contribution in [0.25, 0.3) is 0 Å². The van der Waals surface area contributed by atoms with Crippen LogP contribution in [0.3, 0.4) is 0 Å². The predicted octanol–water partition coefficient (Wildman–Crippen LogP) is 1.80. The quantitative estimate of drug-likeness (QED) is 0.759. The third kappa shape index (κ3) is 2.99. The molecule has 0 N–H and O–H groups in total. The van der Waals surface area contributed by atoms with Gasteiger partial charge in [-0.1, -0.05) is 30.3 Å². The van der Waals surface area contributed by atoms with E-state index in [0.717, 1.165) is 30.2 Å². The highest BCUT2D eigenvalue weighted by Gasteiger charge is 2.16. The highest BCUT2D eigenvalue weighted by molar-refractivity contribution is 7.99. The number of hydrogen-bond acceptors (Lipinski definition) is 2. The molecule has 1 aromatic carbocycles. The first-order chi connectivity index (χ1) is 7.36. The van der Waals surface area contributed by atoms with Crippen molar-refractivity contribution in [3.63, 3.8) is 0 Å². The third-order valence-electron chi connectivity index (χ3n) is 2.56. The normalized spacial score (nSPS) is 16.4. The Morgan fingerprint density at radius 2 is 1.87 bits per heavy atom. The van der Waals surface area contributed by atoms with E-state index in [2.05, 4.69) is 0 Å². The number of carbonyl (C=O) groups excluding carboxylic acids is 1. The summed E-state index contributed by atoms with van der Waals surface area (Å²) in [5.74, 6) is 2.43. The maximum atomic E-state index is 11.9. The first-order valence-corrected chi connectivity index (χ1v) is 6.41. The Morgan fingerprint density at radius 1 is 1.20 bits per heavy atom. The van der Waals surface area contributed by atoms with E-state index >= 15 is 0 Å². The van der Waals surface area contributed by atoms with Gasteiger partial charge in [0, 0.05) is 24.6 Å². The molecule has 1 heterocycles. The number of nitrogens with zero attached hydrogens (tertiary/aromatic N) is 1. The van der Waals surface area contributed by atoms with E-state index in [-0.39, 0.29) is 5.91 Å². The van der Waals surface area contributed by atoms with Crippen LogP contribution in [0.4, 0.5) is 0 Å². The first-order valence-electron chi connectivity index (χ1n) is 5.26. The lowest BCUT2D eigenvalue weighted by molar-refractivity contribution is -0.130. The van der Waals surface area contributed by atoms with Crippen LogP contribution in [0.15, 0.2) is 30.3 Å². The van der Waals surface area contributed by atoms with Crippen LogP contribution in [0.1, 0.15) is 5.56 Å². The molecule has 0 unspecified atom stereocenters. The van der Waals surface area contributed by atoms with Crippen LogP contribution in [0, 0.1) is 0 Å². The Kier molecular flexibility index (Phi) is 3.67. The second-order valence-corrected chi connectivity index (χ2v) is 4.88. The van der Waals surface area contributed by atoms with Gasteiger partial charge >= 0.3 is 0 Å². The summed E-state index contributed by atoms with van der Waals surface area (Å²) in [5, 5.41) is 0. The summed E-state index contributed by atoms with van der Waals surface area (Å²) < 4.78 is 0. The summed E-state index contributed by atoms with van der Waals surface area (Å²) in [6.07, 6.45) is 0.547. The Labute approximate surface area is 94.7 Å². The van der Waals surface area contributed by atoms with E-state index in [1.54, 1.807) is 0 Å². The van der Waals surface area contributed by atoms with Gasteiger partial charge in [-0.3, -0.25) is 4.79 Å². The van der Waals surface area contributed by atoms with Crippen molar-refractivity contribution in [3.8, 4) is 0 Å². The zero-order valence-corrected chi connectivity index (χ0v) is 9.50.